The highest BCUT2D eigenvalue weighted by molar-refractivity contribution is 5.88. The number of hydrogen-bond donors (Lipinski definition) is 1. The fraction of sp³-hybridized carbons (Fsp3) is 0.385. The highest BCUT2D eigenvalue weighted by Crippen LogP contribution is 2.28. The highest BCUT2D eigenvalue weighted by Gasteiger charge is 2.41. The normalized spacial score (nSPS) is 18.6. The lowest BCUT2D eigenvalue weighted by Crippen LogP contribution is -2.48. The molecule has 3 atom stereocenters. The van der Waals surface area contributed by atoms with E-state index >= 15 is 0 Å². The van der Waals surface area contributed by atoms with E-state index in [4.69, 9.17) is 0 Å². The molecule has 0 radical (unpaired) electrons. The van der Waals surface area contributed by atoms with Crippen LogP contribution in [0.25, 0.3) is 0 Å². The van der Waals surface area contributed by atoms with Crippen molar-refractivity contribution >= 4 is 11.8 Å². The van der Waals surface area contributed by atoms with Gasteiger partial charge in [0.25, 0.3) is 0 Å². The largest absolute Gasteiger partial charge is 0.435 e. The number of carbonyl (C=O) groups is 2. The number of nitrogens with zero attached hydrogens (tertiary/aromatic N) is 4. The van der Waals surface area contributed by atoms with Crippen LogP contribution in [0.5, 0.6) is 0 Å². The van der Waals surface area contributed by atoms with Crippen molar-refractivity contribution in [3.05, 3.63) is 83.2 Å². The van der Waals surface area contributed by atoms with Gasteiger partial charge in [0.2, 0.25) is 17.8 Å². The van der Waals surface area contributed by atoms with Gasteiger partial charge >= 0.3 is 6.18 Å². The van der Waals surface area contributed by atoms with Crippen molar-refractivity contribution in [1.29, 1.82) is 0 Å². The molecule has 0 unspecified atom stereocenters. The van der Waals surface area contributed by atoms with Crippen LogP contribution < -0.4 is 5.32 Å². The van der Waals surface area contributed by atoms with Crippen LogP contribution in [0.15, 0.2) is 54.7 Å². The Bertz CT molecular complexity index is 1290. The fourth-order valence-corrected chi connectivity index (χ4v) is 4.40. The lowest BCUT2D eigenvalue weighted by atomic mass is 9.99. The fourth-order valence-electron chi connectivity index (χ4n) is 4.40. The molecule has 12 heteroatoms. The summed E-state index contributed by atoms with van der Waals surface area (Å²) in [7, 11) is 0. The van der Waals surface area contributed by atoms with Crippen LogP contribution in [-0.4, -0.2) is 50.2 Å². The van der Waals surface area contributed by atoms with E-state index in [1.54, 1.807) is 42.5 Å². The quantitative estimate of drug-likeness (QED) is 0.359. The number of alkyl halides is 4. The molecule has 0 bridgehead atoms. The predicted octanol–water partition coefficient (Wildman–Crippen LogP) is 4.40. The van der Waals surface area contributed by atoms with E-state index in [1.165, 1.54) is 0 Å². The third-order valence-electron chi connectivity index (χ3n) is 6.34. The smallest absolute Gasteiger partial charge is 0.342 e. The van der Waals surface area contributed by atoms with Gasteiger partial charge in [-0.05, 0) is 23.6 Å². The summed E-state index contributed by atoms with van der Waals surface area (Å²) in [5.74, 6) is -2.24. The zero-order valence-electron chi connectivity index (χ0n) is 20.6. The van der Waals surface area contributed by atoms with Gasteiger partial charge in [-0.25, -0.2) is 9.37 Å². The molecule has 1 N–H and O–H groups in total. The molecule has 38 heavy (non-hydrogen) atoms. The van der Waals surface area contributed by atoms with Crippen LogP contribution >= 0.6 is 0 Å². The maximum absolute atomic E-state index is 14.7. The van der Waals surface area contributed by atoms with Crippen molar-refractivity contribution in [2.24, 2.45) is 0 Å². The monoisotopic (exact) mass is 535 g/mol. The SMILES string of the molecule is CC(C)c1ccc([C@@H](NC(=O)[C@@H]2C[C@@H](F)CN2C(=O)Cn2ccc(C(F)(F)F)n2)c2ccccc2)nc1F. The summed E-state index contributed by atoms with van der Waals surface area (Å²) in [4.78, 5) is 31.3. The number of benzene rings is 1. The average molecular weight is 536 g/mol. The molecule has 3 aromatic rings. The van der Waals surface area contributed by atoms with E-state index in [0.717, 1.165) is 21.8 Å². The minimum atomic E-state index is -4.68. The lowest BCUT2D eigenvalue weighted by molar-refractivity contribution is -0.142. The van der Waals surface area contributed by atoms with E-state index in [2.05, 4.69) is 15.4 Å². The second-order valence-corrected chi connectivity index (χ2v) is 9.41. The molecule has 202 valence electrons. The number of carbonyl (C=O) groups excluding carboxylic acids is 2. The Morgan fingerprint density at radius 3 is 2.42 bits per heavy atom. The van der Waals surface area contributed by atoms with E-state index in [0.29, 0.717) is 11.1 Å². The van der Waals surface area contributed by atoms with Crippen LogP contribution in [-0.2, 0) is 22.3 Å². The molecule has 7 nitrogen and oxygen atoms in total. The minimum absolute atomic E-state index is 0.108. The molecule has 1 saturated heterocycles. The Morgan fingerprint density at radius 1 is 1.11 bits per heavy atom. The Morgan fingerprint density at radius 2 is 1.82 bits per heavy atom. The molecule has 1 aromatic carbocycles. The van der Waals surface area contributed by atoms with Crippen LogP contribution in [0.2, 0.25) is 0 Å². The van der Waals surface area contributed by atoms with Gasteiger partial charge in [0.15, 0.2) is 5.69 Å². The van der Waals surface area contributed by atoms with E-state index in [-0.39, 0.29) is 18.0 Å². The highest BCUT2D eigenvalue weighted by atomic mass is 19.4. The van der Waals surface area contributed by atoms with E-state index in [1.807, 2.05) is 13.8 Å². The van der Waals surface area contributed by atoms with Gasteiger partial charge < -0.3 is 10.2 Å². The molecular formula is C26H26F5N5O2. The first-order valence-electron chi connectivity index (χ1n) is 12.0. The second-order valence-electron chi connectivity index (χ2n) is 9.41. The van der Waals surface area contributed by atoms with Crippen molar-refractivity contribution in [3.63, 3.8) is 0 Å². The molecule has 4 rings (SSSR count). The summed E-state index contributed by atoms with van der Waals surface area (Å²) >= 11 is 0. The first kappa shape index (κ1) is 27.2. The molecule has 0 saturated carbocycles. The molecular weight excluding hydrogens is 509 g/mol. The molecule has 0 spiro atoms. The summed E-state index contributed by atoms with van der Waals surface area (Å²) in [6.07, 6.45) is -5.48. The van der Waals surface area contributed by atoms with Crippen molar-refractivity contribution in [2.45, 2.75) is 57.2 Å². The number of pyridine rings is 1. The lowest BCUT2D eigenvalue weighted by Gasteiger charge is -2.26. The Hall–Kier alpha value is -3.83. The first-order chi connectivity index (χ1) is 17.9. The molecule has 0 aliphatic carbocycles. The van der Waals surface area contributed by atoms with Crippen molar-refractivity contribution < 1.29 is 31.5 Å². The van der Waals surface area contributed by atoms with Crippen molar-refractivity contribution in [2.75, 3.05) is 6.54 Å². The average Bonchev–Trinajstić information content (AvgIpc) is 3.49. The van der Waals surface area contributed by atoms with Gasteiger partial charge in [0.1, 0.15) is 18.8 Å². The summed E-state index contributed by atoms with van der Waals surface area (Å²) in [5, 5.41) is 6.10. The topological polar surface area (TPSA) is 80.1 Å². The number of halogens is 5. The molecule has 2 aromatic heterocycles. The van der Waals surface area contributed by atoms with Gasteiger partial charge in [-0.2, -0.15) is 22.7 Å². The standard InChI is InChI=1S/C26H26F5N5O2/c1-15(2)18-8-9-19(32-24(18)28)23(16-6-4-3-5-7-16)33-25(38)20-12-17(27)13-36(20)22(37)14-35-11-10-21(34-35)26(29,30)31/h3-11,15,17,20,23H,12-14H2,1-2H3,(H,33,38)/t17-,20+,23+/m1/s1. The predicted molar refractivity (Wildman–Crippen MR) is 127 cm³/mol. The molecule has 2 amide bonds. The van der Waals surface area contributed by atoms with Crippen LogP contribution in [0, 0.1) is 5.95 Å². The van der Waals surface area contributed by atoms with Crippen LogP contribution in [0.3, 0.4) is 0 Å². The van der Waals surface area contributed by atoms with E-state index < -0.39 is 61.0 Å². The number of amides is 2. The van der Waals surface area contributed by atoms with Gasteiger partial charge in [0, 0.05) is 18.2 Å². The van der Waals surface area contributed by atoms with Gasteiger partial charge in [-0.3, -0.25) is 14.3 Å². The summed E-state index contributed by atoms with van der Waals surface area (Å²) in [6, 6.07) is 10.5. The minimum Gasteiger partial charge on any atom is -0.342 e. The maximum atomic E-state index is 14.7. The summed E-state index contributed by atoms with van der Waals surface area (Å²) < 4.78 is 68.4. The molecule has 1 aliphatic heterocycles. The second kappa shape index (κ2) is 10.9. The van der Waals surface area contributed by atoms with Crippen molar-refractivity contribution in [1.82, 2.24) is 25.0 Å². The number of hydrogen-bond acceptors (Lipinski definition) is 4. The first-order valence-corrected chi connectivity index (χ1v) is 12.0. The molecule has 3 heterocycles. The zero-order valence-corrected chi connectivity index (χ0v) is 20.6. The van der Waals surface area contributed by atoms with Crippen LogP contribution in [0.4, 0.5) is 22.0 Å². The number of rotatable bonds is 7. The van der Waals surface area contributed by atoms with Gasteiger partial charge in [-0.1, -0.05) is 50.2 Å². The maximum Gasteiger partial charge on any atom is 0.435 e. The Labute approximate surface area is 215 Å². The van der Waals surface area contributed by atoms with E-state index in [9.17, 15) is 31.5 Å². The third-order valence-corrected chi connectivity index (χ3v) is 6.34. The van der Waals surface area contributed by atoms with Gasteiger partial charge in [0.05, 0.1) is 18.3 Å². The zero-order chi connectivity index (χ0) is 27.6. The molecule has 1 fully saturated rings. The number of nitrogens with one attached hydrogen (secondary N) is 1. The number of aromatic nitrogens is 3. The number of likely N-dealkylation sites (tertiary alicyclic amines) is 1. The summed E-state index contributed by atoms with van der Waals surface area (Å²) in [5.41, 5.74) is 0.0506. The third kappa shape index (κ3) is 6.00. The summed E-state index contributed by atoms with van der Waals surface area (Å²) in [6.45, 7) is 2.65. The van der Waals surface area contributed by atoms with Gasteiger partial charge in [-0.15, -0.1) is 0 Å². The van der Waals surface area contributed by atoms with Crippen LogP contribution in [0.1, 0.15) is 54.7 Å². The molecule has 1 aliphatic rings. The van der Waals surface area contributed by atoms with Crippen molar-refractivity contribution in [3.8, 4) is 0 Å². The Balaban J connectivity index is 1.56. The Kier molecular flexibility index (Phi) is 7.79.